The lowest BCUT2D eigenvalue weighted by Crippen LogP contribution is -2.97. The molecule has 13 unspecified atom stereocenters. The van der Waals surface area contributed by atoms with Crippen LogP contribution >= 0.6 is 0 Å². The molecule has 9 aliphatic rings. The number of aliphatic hydroxyl groups is 1. The van der Waals surface area contributed by atoms with Gasteiger partial charge < -0.3 is 14.9 Å². The van der Waals surface area contributed by atoms with E-state index in [0.29, 0.717) is 11.0 Å². The van der Waals surface area contributed by atoms with Crippen LogP contribution in [0.15, 0.2) is 11.8 Å². The van der Waals surface area contributed by atoms with Gasteiger partial charge in [-0.05, 0) is 95.7 Å². The van der Waals surface area contributed by atoms with E-state index >= 15 is 0 Å². The summed E-state index contributed by atoms with van der Waals surface area (Å²) in [5.74, 6) is 5.03. The van der Waals surface area contributed by atoms with Crippen LogP contribution in [0.5, 0.6) is 0 Å². The number of hydrogen-bond donors (Lipinski definition) is 2. The number of fused-ring (bicyclic) bond motifs is 6. The molecule has 8 saturated carbocycles. The summed E-state index contributed by atoms with van der Waals surface area (Å²) in [6.07, 6.45) is 8.30. The van der Waals surface area contributed by atoms with Gasteiger partial charge in [0.1, 0.15) is 0 Å². The maximum absolute atomic E-state index is 11.7. The summed E-state index contributed by atoms with van der Waals surface area (Å²) in [5.41, 5.74) is 2.78. The molecule has 4 spiro atoms. The highest BCUT2D eigenvalue weighted by molar-refractivity contribution is 5.87. The first-order chi connectivity index (χ1) is 12.6. The maximum atomic E-state index is 11.7. The predicted octanol–water partition coefficient (Wildman–Crippen LogP) is 2.63. The van der Waals surface area contributed by atoms with Crippen molar-refractivity contribution in [3.63, 3.8) is 0 Å². The zero-order valence-electron chi connectivity index (χ0n) is 14.7. The Bertz CT molecular complexity index is 895. The summed E-state index contributed by atoms with van der Waals surface area (Å²) in [6, 6.07) is 0. The summed E-state index contributed by atoms with van der Waals surface area (Å²) in [7, 11) is 0. The number of carbonyl (C=O) groups is 1. The van der Waals surface area contributed by atoms with E-state index in [9.17, 15) is 15.0 Å². The van der Waals surface area contributed by atoms with Gasteiger partial charge >= 0.3 is 5.97 Å². The normalized spacial score (nSPS) is 76.0. The number of carboxylic acids is 1. The van der Waals surface area contributed by atoms with E-state index in [0.717, 1.165) is 59.2 Å². The van der Waals surface area contributed by atoms with Gasteiger partial charge in [0.15, 0.2) is 6.29 Å². The van der Waals surface area contributed by atoms with Crippen LogP contribution in [0.3, 0.4) is 0 Å². The van der Waals surface area contributed by atoms with Crippen molar-refractivity contribution in [1.29, 1.82) is 0 Å². The predicted molar refractivity (Wildman–Crippen MR) is 88.2 cm³/mol. The minimum atomic E-state index is -0.851. The highest BCUT2D eigenvalue weighted by Crippen LogP contribution is 3.15. The molecule has 2 N–H and O–H groups in total. The lowest BCUT2D eigenvalue weighted by atomic mass is 9.03. The van der Waals surface area contributed by atoms with E-state index in [1.165, 1.54) is 25.5 Å². The average Bonchev–Trinajstić information content (AvgIpc) is 3.03. The minimum Gasteiger partial charge on any atom is -0.478 e. The first-order valence-electron chi connectivity index (χ1n) is 10.8. The first-order valence-corrected chi connectivity index (χ1v) is 10.8. The molecule has 4 nitrogen and oxygen atoms in total. The maximum Gasteiger partial charge on any atom is 0.334 e. The van der Waals surface area contributed by atoms with E-state index in [1.807, 2.05) is 0 Å². The molecule has 136 valence electrons. The van der Waals surface area contributed by atoms with Crippen LogP contribution in [0.4, 0.5) is 0 Å². The molecule has 1 aliphatic heterocycles. The Morgan fingerprint density at radius 1 is 1.12 bits per heavy atom. The average molecular weight is 352 g/mol. The third-order valence-electron chi connectivity index (χ3n) is 12.6. The topological polar surface area (TPSA) is 66.8 Å². The van der Waals surface area contributed by atoms with Crippen LogP contribution in [0.2, 0.25) is 0 Å². The number of aliphatic hydroxyl groups excluding tert-OH is 1. The van der Waals surface area contributed by atoms with Crippen molar-refractivity contribution in [1.82, 2.24) is 0 Å². The quantitative estimate of drug-likeness (QED) is 0.761. The standard InChI is InChI=1S/C22H24O4/c23-17(24)9-7-26-18(25)15-8(9)1-2-19(15)4-11-12-5-20-6-13(20)16-10-3-14(19)21(10,11)22(12,16)20/h7-8,10-16,18,25H,1-6H2,(H,23,24). The Morgan fingerprint density at radius 2 is 1.96 bits per heavy atom. The fourth-order valence-electron chi connectivity index (χ4n) is 12.9. The summed E-state index contributed by atoms with van der Waals surface area (Å²) >= 11 is 0. The van der Waals surface area contributed by atoms with Gasteiger partial charge in [-0.3, -0.25) is 0 Å². The van der Waals surface area contributed by atoms with Gasteiger partial charge in [-0.25, -0.2) is 4.79 Å². The van der Waals surface area contributed by atoms with Crippen molar-refractivity contribution in [3.8, 4) is 0 Å². The van der Waals surface area contributed by atoms with E-state index in [4.69, 9.17) is 4.74 Å². The molecule has 0 bridgehead atoms. The van der Waals surface area contributed by atoms with Crippen LogP contribution in [-0.4, -0.2) is 22.5 Å². The summed E-state index contributed by atoms with van der Waals surface area (Å²) in [4.78, 5) is 11.7. The van der Waals surface area contributed by atoms with E-state index in [-0.39, 0.29) is 17.3 Å². The van der Waals surface area contributed by atoms with Crippen molar-refractivity contribution < 1.29 is 19.7 Å². The fourth-order valence-corrected chi connectivity index (χ4v) is 12.9. The molecule has 0 saturated heterocycles. The summed E-state index contributed by atoms with van der Waals surface area (Å²) < 4.78 is 5.52. The van der Waals surface area contributed by atoms with Crippen molar-refractivity contribution in [3.05, 3.63) is 11.8 Å². The largest absolute Gasteiger partial charge is 0.478 e. The number of hydrogen-bond acceptors (Lipinski definition) is 3. The molecule has 8 fully saturated rings. The van der Waals surface area contributed by atoms with Crippen LogP contribution in [0, 0.1) is 69.0 Å². The number of aliphatic carboxylic acids is 1. The summed E-state index contributed by atoms with van der Waals surface area (Å²) in [6.45, 7) is 0. The Kier molecular flexibility index (Phi) is 1.57. The van der Waals surface area contributed by atoms with Gasteiger partial charge in [-0.2, -0.15) is 0 Å². The van der Waals surface area contributed by atoms with Crippen molar-refractivity contribution in [2.75, 3.05) is 0 Å². The van der Waals surface area contributed by atoms with Gasteiger partial charge in [-0.1, -0.05) is 0 Å². The molecule has 8 aliphatic carbocycles. The molecule has 0 radical (unpaired) electrons. The molecule has 0 amide bonds. The monoisotopic (exact) mass is 352 g/mol. The molecule has 13 atom stereocenters. The zero-order valence-corrected chi connectivity index (χ0v) is 14.7. The molecule has 0 aromatic heterocycles. The third-order valence-corrected chi connectivity index (χ3v) is 12.6. The third kappa shape index (κ3) is 0.758. The molecule has 0 aromatic carbocycles. The first kappa shape index (κ1) is 13.2. The second kappa shape index (κ2) is 3.09. The number of rotatable bonds is 1. The highest BCUT2D eigenvalue weighted by Gasteiger charge is 3.11. The van der Waals surface area contributed by atoms with Crippen molar-refractivity contribution >= 4 is 5.97 Å². The second-order valence-corrected chi connectivity index (χ2v) is 11.6. The number of carboxylic acid groups (broad SMARTS) is 1. The Hall–Kier alpha value is -1.03. The molecule has 1 heterocycles. The van der Waals surface area contributed by atoms with Gasteiger partial charge in [0, 0.05) is 11.8 Å². The SMILES string of the molecule is O=C(O)C1=COC(O)C2C1CCC21CC2C3CC45CC4C4C6CC1C26C345. The number of ether oxygens (including phenoxy) is 1. The Balaban J connectivity index is 1.19. The lowest BCUT2D eigenvalue weighted by Gasteiger charge is -3.00. The molecular weight excluding hydrogens is 328 g/mol. The van der Waals surface area contributed by atoms with Crippen LogP contribution in [0.1, 0.15) is 38.5 Å². The van der Waals surface area contributed by atoms with E-state index in [2.05, 4.69) is 0 Å². The van der Waals surface area contributed by atoms with Crippen molar-refractivity contribution in [2.45, 2.75) is 44.8 Å². The molecular formula is C22H24O4. The Morgan fingerprint density at radius 3 is 2.81 bits per heavy atom. The highest BCUT2D eigenvalue weighted by atomic mass is 16.6. The van der Waals surface area contributed by atoms with Gasteiger partial charge in [-0.15, -0.1) is 0 Å². The van der Waals surface area contributed by atoms with Gasteiger partial charge in [0.25, 0.3) is 0 Å². The molecule has 4 heteroatoms. The fraction of sp³-hybridized carbons (Fsp3) is 0.864. The van der Waals surface area contributed by atoms with E-state index < -0.39 is 12.3 Å². The second-order valence-electron chi connectivity index (χ2n) is 11.6. The minimum absolute atomic E-state index is 0.000694. The van der Waals surface area contributed by atoms with Crippen LogP contribution in [0.25, 0.3) is 0 Å². The summed E-state index contributed by atoms with van der Waals surface area (Å²) in [5, 5.41) is 20.4. The van der Waals surface area contributed by atoms with Crippen molar-refractivity contribution in [2.24, 2.45) is 69.0 Å². The smallest absolute Gasteiger partial charge is 0.334 e. The van der Waals surface area contributed by atoms with Crippen LogP contribution in [-0.2, 0) is 9.53 Å². The van der Waals surface area contributed by atoms with E-state index in [1.54, 1.807) is 6.42 Å². The van der Waals surface area contributed by atoms with Crippen LogP contribution < -0.4 is 0 Å². The zero-order chi connectivity index (χ0) is 17.0. The molecule has 0 aromatic rings. The molecule has 26 heavy (non-hydrogen) atoms. The lowest BCUT2D eigenvalue weighted by molar-refractivity contribution is -0.541. The molecule has 9 rings (SSSR count). The van der Waals surface area contributed by atoms with Gasteiger partial charge in [0.05, 0.1) is 11.8 Å². The van der Waals surface area contributed by atoms with Gasteiger partial charge in [0.2, 0.25) is 0 Å². The Labute approximate surface area is 152 Å².